The van der Waals surface area contributed by atoms with Gasteiger partial charge >= 0.3 is 0 Å². The van der Waals surface area contributed by atoms with E-state index < -0.39 is 7.92 Å². The number of anilines is 1. The third kappa shape index (κ3) is 4.42. The van der Waals surface area contributed by atoms with E-state index in [1.54, 1.807) is 0 Å². The summed E-state index contributed by atoms with van der Waals surface area (Å²) in [5.41, 5.74) is 5.11. The van der Waals surface area contributed by atoms with Gasteiger partial charge in [-0.1, -0.05) is 109 Å². The number of rotatable bonds is 6. The predicted octanol–water partition coefficient (Wildman–Crippen LogP) is 6.55. The van der Waals surface area contributed by atoms with Gasteiger partial charge in [0.1, 0.15) is 0 Å². The fourth-order valence-electron chi connectivity index (χ4n) is 3.74. The molecule has 4 rings (SSSR count). The van der Waals surface area contributed by atoms with Crippen molar-refractivity contribution in [1.82, 2.24) is 0 Å². The zero-order valence-electron chi connectivity index (χ0n) is 16.9. The summed E-state index contributed by atoms with van der Waals surface area (Å²) in [5, 5.41) is 6.71. The Morgan fingerprint density at radius 3 is 1.48 bits per heavy atom. The standard InChI is InChI=1S/C27H26NP/c1-21-13-12-14-22(2)26(21)28-27(23-15-6-3-7-16-23)29(24-17-8-4-9-18-24)25-19-10-5-11-20-25/h3-20,27-28H,1-2H3. The van der Waals surface area contributed by atoms with Gasteiger partial charge in [0.2, 0.25) is 0 Å². The molecule has 0 saturated carbocycles. The van der Waals surface area contributed by atoms with Crippen molar-refractivity contribution in [2.45, 2.75) is 19.6 Å². The Kier molecular flexibility index (Phi) is 6.08. The first-order chi connectivity index (χ1) is 14.2. The van der Waals surface area contributed by atoms with Crippen LogP contribution in [0, 0.1) is 13.8 Å². The molecule has 1 nitrogen and oxygen atoms in total. The van der Waals surface area contributed by atoms with Crippen molar-refractivity contribution in [1.29, 1.82) is 0 Å². The van der Waals surface area contributed by atoms with Gasteiger partial charge in [0.25, 0.3) is 0 Å². The van der Waals surface area contributed by atoms with Crippen molar-refractivity contribution < 1.29 is 0 Å². The van der Waals surface area contributed by atoms with Crippen LogP contribution in [0.5, 0.6) is 0 Å². The van der Waals surface area contributed by atoms with Crippen LogP contribution < -0.4 is 15.9 Å². The first-order valence-corrected chi connectivity index (χ1v) is 11.4. The van der Waals surface area contributed by atoms with Gasteiger partial charge in [-0.05, 0) is 49.1 Å². The summed E-state index contributed by atoms with van der Waals surface area (Å²) >= 11 is 0. The molecule has 0 aromatic heterocycles. The van der Waals surface area contributed by atoms with Crippen molar-refractivity contribution in [3.63, 3.8) is 0 Å². The Bertz CT molecular complexity index is 986. The maximum atomic E-state index is 3.96. The van der Waals surface area contributed by atoms with Crippen LogP contribution in [0.25, 0.3) is 0 Å². The first kappa shape index (κ1) is 19.4. The van der Waals surface area contributed by atoms with Gasteiger partial charge in [0, 0.05) is 5.69 Å². The van der Waals surface area contributed by atoms with Crippen LogP contribution in [0.3, 0.4) is 0 Å². The molecule has 0 aliphatic heterocycles. The monoisotopic (exact) mass is 395 g/mol. The number of aryl methyl sites for hydroxylation is 2. The maximum Gasteiger partial charge on any atom is 0.0793 e. The Morgan fingerprint density at radius 1 is 0.552 bits per heavy atom. The van der Waals surface area contributed by atoms with Crippen LogP contribution in [-0.4, -0.2) is 0 Å². The van der Waals surface area contributed by atoms with Gasteiger partial charge in [-0.25, -0.2) is 0 Å². The lowest BCUT2D eigenvalue weighted by molar-refractivity contribution is 1.09. The minimum Gasteiger partial charge on any atom is -0.373 e. The van der Waals surface area contributed by atoms with Crippen molar-refractivity contribution in [3.8, 4) is 0 Å². The van der Waals surface area contributed by atoms with Crippen molar-refractivity contribution in [2.24, 2.45) is 0 Å². The highest BCUT2D eigenvalue weighted by molar-refractivity contribution is 7.73. The lowest BCUT2D eigenvalue weighted by Crippen LogP contribution is -2.22. The molecule has 144 valence electrons. The average Bonchev–Trinajstić information content (AvgIpc) is 2.77. The summed E-state index contributed by atoms with van der Waals surface area (Å²) in [6, 6.07) is 39.2. The maximum absolute atomic E-state index is 3.96. The zero-order valence-corrected chi connectivity index (χ0v) is 17.8. The highest BCUT2D eigenvalue weighted by Gasteiger charge is 2.27. The number of hydrogen-bond acceptors (Lipinski definition) is 1. The molecule has 1 atom stereocenters. The van der Waals surface area contributed by atoms with Gasteiger partial charge in [-0.3, -0.25) is 0 Å². The Labute approximate surface area is 175 Å². The molecule has 0 amide bonds. The normalized spacial score (nSPS) is 12.0. The van der Waals surface area contributed by atoms with Crippen molar-refractivity contribution in [3.05, 3.63) is 126 Å². The fourth-order valence-corrected chi connectivity index (χ4v) is 6.35. The molecule has 0 saturated heterocycles. The van der Waals surface area contributed by atoms with Gasteiger partial charge in [0.15, 0.2) is 0 Å². The molecule has 0 radical (unpaired) electrons. The zero-order chi connectivity index (χ0) is 20.1. The van der Waals surface area contributed by atoms with Crippen LogP contribution in [-0.2, 0) is 0 Å². The fraction of sp³-hybridized carbons (Fsp3) is 0.111. The third-order valence-corrected chi connectivity index (χ3v) is 7.86. The van der Waals surface area contributed by atoms with E-state index in [1.165, 1.54) is 33.0 Å². The van der Waals surface area contributed by atoms with Crippen LogP contribution in [0.15, 0.2) is 109 Å². The summed E-state index contributed by atoms with van der Waals surface area (Å²) in [4.78, 5) is 0. The molecule has 1 N–H and O–H groups in total. The van der Waals surface area contributed by atoms with Crippen LogP contribution in [0.2, 0.25) is 0 Å². The van der Waals surface area contributed by atoms with Gasteiger partial charge in [-0.2, -0.15) is 0 Å². The molecule has 0 spiro atoms. The van der Waals surface area contributed by atoms with E-state index in [9.17, 15) is 0 Å². The average molecular weight is 395 g/mol. The quantitative estimate of drug-likeness (QED) is 0.365. The molecule has 4 aromatic rings. The summed E-state index contributed by atoms with van der Waals surface area (Å²) in [5.74, 6) is 0.177. The lowest BCUT2D eigenvalue weighted by Gasteiger charge is -2.32. The molecule has 2 heteroatoms. The van der Waals surface area contributed by atoms with E-state index >= 15 is 0 Å². The molecule has 1 unspecified atom stereocenters. The third-order valence-electron chi connectivity index (χ3n) is 5.20. The van der Waals surface area contributed by atoms with Gasteiger partial charge in [-0.15, -0.1) is 0 Å². The van der Waals surface area contributed by atoms with Crippen LogP contribution >= 0.6 is 7.92 Å². The molecule has 0 aliphatic carbocycles. The second-order valence-electron chi connectivity index (χ2n) is 7.27. The number of para-hydroxylation sites is 1. The molecular formula is C27H26NP. The molecular weight excluding hydrogens is 369 g/mol. The van der Waals surface area contributed by atoms with Crippen molar-refractivity contribution >= 4 is 24.2 Å². The van der Waals surface area contributed by atoms with Crippen LogP contribution in [0.1, 0.15) is 22.5 Å². The minimum absolute atomic E-state index is 0.177. The highest BCUT2D eigenvalue weighted by Crippen LogP contribution is 2.50. The minimum atomic E-state index is -0.650. The number of hydrogen-bond donors (Lipinski definition) is 1. The SMILES string of the molecule is Cc1cccc(C)c1NC(c1ccccc1)P(c1ccccc1)c1ccccc1. The van der Waals surface area contributed by atoms with Gasteiger partial charge < -0.3 is 5.32 Å². The summed E-state index contributed by atoms with van der Waals surface area (Å²) < 4.78 is 0. The summed E-state index contributed by atoms with van der Waals surface area (Å²) in [6.07, 6.45) is 0. The topological polar surface area (TPSA) is 12.0 Å². The van der Waals surface area contributed by atoms with Gasteiger partial charge in [0.05, 0.1) is 5.78 Å². The number of nitrogens with one attached hydrogen (secondary N) is 1. The Hall–Kier alpha value is -2.89. The molecule has 0 fully saturated rings. The smallest absolute Gasteiger partial charge is 0.0793 e. The van der Waals surface area contributed by atoms with E-state index in [4.69, 9.17) is 0 Å². The summed E-state index contributed by atoms with van der Waals surface area (Å²) in [7, 11) is -0.650. The van der Waals surface area contributed by atoms with E-state index in [-0.39, 0.29) is 5.78 Å². The Morgan fingerprint density at radius 2 is 1.00 bits per heavy atom. The second kappa shape index (κ2) is 9.07. The summed E-state index contributed by atoms with van der Waals surface area (Å²) in [6.45, 7) is 4.37. The largest absolute Gasteiger partial charge is 0.373 e. The Balaban J connectivity index is 1.87. The second-order valence-corrected chi connectivity index (χ2v) is 9.55. The van der Waals surface area contributed by atoms with E-state index in [0.717, 1.165) is 0 Å². The van der Waals surface area contributed by atoms with E-state index in [2.05, 4.69) is 128 Å². The first-order valence-electron chi connectivity index (χ1n) is 10.0. The van der Waals surface area contributed by atoms with Crippen molar-refractivity contribution in [2.75, 3.05) is 5.32 Å². The molecule has 0 aliphatic rings. The predicted molar refractivity (Wildman–Crippen MR) is 128 cm³/mol. The molecule has 0 bridgehead atoms. The molecule has 29 heavy (non-hydrogen) atoms. The van der Waals surface area contributed by atoms with Crippen LogP contribution in [0.4, 0.5) is 5.69 Å². The number of benzene rings is 4. The molecule has 4 aromatic carbocycles. The van der Waals surface area contributed by atoms with E-state index in [1.807, 2.05) is 0 Å². The highest BCUT2D eigenvalue weighted by atomic mass is 31.1. The van der Waals surface area contributed by atoms with E-state index in [0.29, 0.717) is 0 Å². The lowest BCUT2D eigenvalue weighted by atomic mass is 10.1. The molecule has 0 heterocycles.